The number of hydrogen-bond donors (Lipinski definition) is 1. The first kappa shape index (κ1) is 20.1. The maximum Gasteiger partial charge on any atom is 0.278 e. The maximum absolute atomic E-state index is 13.0. The number of nitrogens with zero attached hydrogens (tertiary/aromatic N) is 4. The molecule has 154 valence electrons. The number of nitrogens with one attached hydrogen (secondary N) is 1. The molecule has 1 N–H and O–H groups in total. The molecule has 8 heteroatoms. The Hall–Kier alpha value is -3.19. The van der Waals surface area contributed by atoms with Crippen LogP contribution < -0.4 is 5.32 Å². The number of anilines is 1. The maximum atomic E-state index is 13.0. The van der Waals surface area contributed by atoms with Crippen LogP contribution in [0.4, 0.5) is 5.69 Å². The second-order valence-corrected chi connectivity index (χ2v) is 7.79. The summed E-state index contributed by atoms with van der Waals surface area (Å²) in [6.07, 6.45) is 2.01. The van der Waals surface area contributed by atoms with Gasteiger partial charge in [0.25, 0.3) is 11.8 Å². The lowest BCUT2D eigenvalue weighted by Gasteiger charge is -2.19. The number of carbonyl (C=O) groups excluding carboxylic acids is 2. The van der Waals surface area contributed by atoms with Crippen molar-refractivity contribution in [3.05, 3.63) is 70.0 Å². The highest BCUT2D eigenvalue weighted by Crippen LogP contribution is 2.25. The average Bonchev–Trinajstić information content (AvgIpc) is 3.39. The van der Waals surface area contributed by atoms with Crippen molar-refractivity contribution in [1.29, 1.82) is 0 Å². The van der Waals surface area contributed by atoms with E-state index >= 15 is 0 Å². The average molecular weight is 424 g/mol. The summed E-state index contributed by atoms with van der Waals surface area (Å²) in [6.45, 7) is 5.07. The molecule has 2 amide bonds. The van der Waals surface area contributed by atoms with Gasteiger partial charge in [-0.05, 0) is 56.5 Å². The molecule has 3 aromatic rings. The normalized spacial score (nSPS) is 13.5. The largest absolute Gasteiger partial charge is 0.339 e. The topological polar surface area (TPSA) is 80.1 Å². The smallest absolute Gasteiger partial charge is 0.278 e. The molecule has 0 atom stereocenters. The SMILES string of the molecule is Cc1cccc(C(=O)N2CCCC2)c1NC(=O)c1nn(-c2cccc(Cl)c2)nc1C. The molecule has 4 rings (SSSR count). The highest BCUT2D eigenvalue weighted by atomic mass is 35.5. The molecular formula is C22H22ClN5O2. The summed E-state index contributed by atoms with van der Waals surface area (Å²) < 4.78 is 0. The predicted molar refractivity (Wildman–Crippen MR) is 115 cm³/mol. The van der Waals surface area contributed by atoms with Gasteiger partial charge in [-0.1, -0.05) is 29.8 Å². The molecule has 0 radical (unpaired) electrons. The van der Waals surface area contributed by atoms with Crippen molar-refractivity contribution in [2.45, 2.75) is 26.7 Å². The van der Waals surface area contributed by atoms with Crippen LogP contribution in [0.1, 0.15) is 44.9 Å². The summed E-state index contributed by atoms with van der Waals surface area (Å²) in [5.74, 6) is -0.476. The van der Waals surface area contributed by atoms with Crippen molar-refractivity contribution in [3.63, 3.8) is 0 Å². The Morgan fingerprint density at radius 1 is 1.03 bits per heavy atom. The van der Waals surface area contributed by atoms with Crippen molar-refractivity contribution in [3.8, 4) is 5.69 Å². The van der Waals surface area contributed by atoms with E-state index in [-0.39, 0.29) is 11.6 Å². The fourth-order valence-corrected chi connectivity index (χ4v) is 3.76. The second kappa shape index (κ2) is 8.28. The van der Waals surface area contributed by atoms with E-state index in [0.29, 0.717) is 27.7 Å². The molecule has 0 spiro atoms. The summed E-state index contributed by atoms with van der Waals surface area (Å²) in [6, 6.07) is 12.5. The van der Waals surface area contributed by atoms with Crippen LogP contribution in [-0.4, -0.2) is 44.8 Å². The number of amides is 2. The van der Waals surface area contributed by atoms with Gasteiger partial charge in [0.15, 0.2) is 5.69 Å². The molecule has 0 aliphatic carbocycles. The molecule has 1 aliphatic rings. The van der Waals surface area contributed by atoms with Gasteiger partial charge in [0.05, 0.1) is 22.6 Å². The van der Waals surface area contributed by atoms with E-state index < -0.39 is 5.91 Å². The lowest BCUT2D eigenvalue weighted by Crippen LogP contribution is -2.29. The highest BCUT2D eigenvalue weighted by Gasteiger charge is 2.25. The van der Waals surface area contributed by atoms with Crippen LogP contribution in [0, 0.1) is 13.8 Å². The Kier molecular flexibility index (Phi) is 5.55. The van der Waals surface area contributed by atoms with Gasteiger partial charge in [0.2, 0.25) is 0 Å². The van der Waals surface area contributed by atoms with Crippen LogP contribution in [0.2, 0.25) is 5.02 Å². The van der Waals surface area contributed by atoms with E-state index in [2.05, 4.69) is 15.5 Å². The fraction of sp³-hybridized carbons (Fsp3) is 0.273. The van der Waals surface area contributed by atoms with Crippen LogP contribution >= 0.6 is 11.6 Å². The zero-order chi connectivity index (χ0) is 21.3. The molecule has 2 aromatic carbocycles. The van der Waals surface area contributed by atoms with Crippen molar-refractivity contribution < 1.29 is 9.59 Å². The zero-order valence-corrected chi connectivity index (χ0v) is 17.6. The molecule has 7 nitrogen and oxygen atoms in total. The van der Waals surface area contributed by atoms with E-state index in [1.54, 1.807) is 37.3 Å². The van der Waals surface area contributed by atoms with E-state index in [9.17, 15) is 9.59 Å². The number of rotatable bonds is 4. The minimum atomic E-state index is -0.412. The molecule has 0 unspecified atom stereocenters. The number of halogens is 1. The van der Waals surface area contributed by atoms with Crippen molar-refractivity contribution in [2.24, 2.45) is 0 Å². The lowest BCUT2D eigenvalue weighted by molar-refractivity contribution is 0.0793. The molecular weight excluding hydrogens is 402 g/mol. The van der Waals surface area contributed by atoms with Crippen LogP contribution in [0.5, 0.6) is 0 Å². The first-order valence-electron chi connectivity index (χ1n) is 9.84. The number of aryl methyl sites for hydroxylation is 2. The van der Waals surface area contributed by atoms with Gasteiger partial charge in [-0.25, -0.2) is 0 Å². The molecule has 1 aromatic heterocycles. The van der Waals surface area contributed by atoms with E-state index in [0.717, 1.165) is 31.5 Å². The Balaban J connectivity index is 1.63. The molecule has 30 heavy (non-hydrogen) atoms. The number of para-hydroxylation sites is 1. The van der Waals surface area contributed by atoms with Gasteiger partial charge in [0, 0.05) is 18.1 Å². The standard InChI is InChI=1S/C22H22ClN5O2/c1-14-7-5-10-18(22(30)27-11-3-4-12-27)19(14)24-21(29)20-15(2)25-28(26-20)17-9-6-8-16(23)13-17/h5-10,13H,3-4,11-12H2,1-2H3,(H,24,29). The summed E-state index contributed by atoms with van der Waals surface area (Å²) in [7, 11) is 0. The third-order valence-electron chi connectivity index (χ3n) is 5.17. The highest BCUT2D eigenvalue weighted by molar-refractivity contribution is 6.30. The number of carbonyl (C=O) groups is 2. The molecule has 2 heterocycles. The van der Waals surface area contributed by atoms with Crippen molar-refractivity contribution in [1.82, 2.24) is 19.9 Å². The summed E-state index contributed by atoms with van der Waals surface area (Å²) in [4.78, 5) is 29.2. The van der Waals surface area contributed by atoms with Crippen LogP contribution in [0.25, 0.3) is 5.69 Å². The third kappa shape index (κ3) is 3.93. The van der Waals surface area contributed by atoms with E-state index in [4.69, 9.17) is 11.6 Å². The molecule has 1 fully saturated rings. The Labute approximate surface area is 179 Å². The summed E-state index contributed by atoms with van der Waals surface area (Å²) in [5.41, 5.74) is 3.14. The van der Waals surface area contributed by atoms with Crippen molar-refractivity contribution in [2.75, 3.05) is 18.4 Å². The summed E-state index contributed by atoms with van der Waals surface area (Å²) in [5, 5.41) is 12.1. The van der Waals surface area contributed by atoms with E-state index in [1.807, 2.05) is 24.0 Å². The minimum Gasteiger partial charge on any atom is -0.339 e. The quantitative estimate of drug-likeness (QED) is 0.687. The lowest BCUT2D eigenvalue weighted by atomic mass is 10.1. The van der Waals surface area contributed by atoms with Gasteiger partial charge in [0.1, 0.15) is 0 Å². The van der Waals surface area contributed by atoms with Crippen molar-refractivity contribution >= 4 is 29.1 Å². The Morgan fingerprint density at radius 3 is 2.50 bits per heavy atom. The number of hydrogen-bond acceptors (Lipinski definition) is 4. The monoisotopic (exact) mass is 423 g/mol. The Bertz CT molecular complexity index is 1120. The Morgan fingerprint density at radius 2 is 1.77 bits per heavy atom. The minimum absolute atomic E-state index is 0.0641. The molecule has 1 saturated heterocycles. The van der Waals surface area contributed by atoms with Crippen LogP contribution in [0.15, 0.2) is 42.5 Å². The number of benzene rings is 2. The van der Waals surface area contributed by atoms with Crippen LogP contribution in [0.3, 0.4) is 0 Å². The van der Waals surface area contributed by atoms with Gasteiger partial charge >= 0.3 is 0 Å². The second-order valence-electron chi connectivity index (χ2n) is 7.35. The molecule has 0 saturated carbocycles. The van der Waals surface area contributed by atoms with Gasteiger partial charge in [-0.2, -0.15) is 9.90 Å². The molecule has 1 aliphatic heterocycles. The molecule has 0 bridgehead atoms. The summed E-state index contributed by atoms with van der Waals surface area (Å²) >= 11 is 6.05. The predicted octanol–water partition coefficient (Wildman–Crippen LogP) is 4.03. The van der Waals surface area contributed by atoms with Gasteiger partial charge in [-0.3, -0.25) is 9.59 Å². The first-order valence-corrected chi connectivity index (χ1v) is 10.2. The number of likely N-dealkylation sites (tertiary alicyclic amines) is 1. The first-order chi connectivity index (χ1) is 14.4. The van der Waals surface area contributed by atoms with Gasteiger partial charge < -0.3 is 10.2 Å². The van der Waals surface area contributed by atoms with Gasteiger partial charge in [-0.15, -0.1) is 5.10 Å². The number of aromatic nitrogens is 3. The third-order valence-corrected chi connectivity index (χ3v) is 5.41. The van der Waals surface area contributed by atoms with Crippen LogP contribution in [-0.2, 0) is 0 Å². The zero-order valence-electron chi connectivity index (χ0n) is 16.9. The van der Waals surface area contributed by atoms with E-state index in [1.165, 1.54) is 4.80 Å². The fourth-order valence-electron chi connectivity index (χ4n) is 3.58.